The molecule has 2 saturated carbocycles. The first-order valence-corrected chi connectivity index (χ1v) is 5.65. The fraction of sp³-hybridized carbons (Fsp3) is 1.00. The van der Waals surface area contributed by atoms with E-state index in [1.54, 1.807) is 0 Å². The van der Waals surface area contributed by atoms with E-state index in [-0.39, 0.29) is 11.7 Å². The normalized spacial score (nSPS) is 54.7. The predicted octanol–water partition coefficient (Wildman–Crippen LogP) is 1.72. The molecule has 3 aliphatic rings. The van der Waals surface area contributed by atoms with Crippen LogP contribution in [0.15, 0.2) is 0 Å². The number of hydrogen-bond acceptors (Lipinski definition) is 2. The van der Waals surface area contributed by atoms with Gasteiger partial charge >= 0.3 is 0 Å². The van der Waals surface area contributed by atoms with E-state index in [1.807, 2.05) is 0 Å². The Kier molecular flexibility index (Phi) is 1.72. The summed E-state index contributed by atoms with van der Waals surface area (Å²) in [5.74, 6) is 1.26. The molecular formula is C11H18O2. The second kappa shape index (κ2) is 2.71. The van der Waals surface area contributed by atoms with Gasteiger partial charge in [-0.25, -0.2) is 0 Å². The van der Waals surface area contributed by atoms with Crippen LogP contribution >= 0.6 is 0 Å². The highest BCUT2D eigenvalue weighted by Gasteiger charge is 2.60. The maximum absolute atomic E-state index is 9.85. The Bertz CT molecular complexity index is 212. The lowest BCUT2D eigenvalue weighted by atomic mass is 9.52. The van der Waals surface area contributed by atoms with E-state index >= 15 is 0 Å². The molecule has 1 heterocycles. The summed E-state index contributed by atoms with van der Waals surface area (Å²) in [6.45, 7) is 0.930. The summed E-state index contributed by atoms with van der Waals surface area (Å²) in [5.41, 5.74) is 0.135. The van der Waals surface area contributed by atoms with Gasteiger partial charge in [0, 0.05) is 12.5 Å². The Balaban J connectivity index is 1.84. The van der Waals surface area contributed by atoms with Crippen LogP contribution in [0.25, 0.3) is 0 Å². The van der Waals surface area contributed by atoms with Gasteiger partial charge in [-0.3, -0.25) is 0 Å². The van der Waals surface area contributed by atoms with Gasteiger partial charge in [0.1, 0.15) is 0 Å². The fourth-order valence-corrected chi connectivity index (χ4v) is 3.76. The monoisotopic (exact) mass is 182 g/mol. The van der Waals surface area contributed by atoms with Crippen LogP contribution in [0.1, 0.15) is 38.5 Å². The second-order valence-corrected chi connectivity index (χ2v) is 4.94. The van der Waals surface area contributed by atoms with Gasteiger partial charge in [-0.05, 0) is 44.4 Å². The summed E-state index contributed by atoms with van der Waals surface area (Å²) in [4.78, 5) is 0. The number of rotatable bonds is 0. The molecule has 3 rings (SSSR count). The average Bonchev–Trinajstić information content (AvgIpc) is 2.07. The van der Waals surface area contributed by atoms with Crippen LogP contribution in [0.2, 0.25) is 0 Å². The molecule has 0 unspecified atom stereocenters. The number of aliphatic hydroxyl groups is 1. The largest absolute Gasteiger partial charge is 0.393 e. The number of hydrogen-bond donors (Lipinski definition) is 1. The topological polar surface area (TPSA) is 29.5 Å². The van der Waals surface area contributed by atoms with Gasteiger partial charge in [0.05, 0.1) is 11.7 Å². The third kappa shape index (κ3) is 0.962. The highest BCUT2D eigenvalue weighted by atomic mass is 16.5. The van der Waals surface area contributed by atoms with Crippen molar-refractivity contribution in [3.8, 4) is 0 Å². The molecule has 1 aliphatic heterocycles. The summed E-state index contributed by atoms with van der Waals surface area (Å²) in [5, 5.41) is 9.85. The molecule has 1 saturated heterocycles. The van der Waals surface area contributed by atoms with Crippen LogP contribution in [0.4, 0.5) is 0 Å². The lowest BCUT2D eigenvalue weighted by Crippen LogP contribution is -2.64. The van der Waals surface area contributed by atoms with Crippen molar-refractivity contribution in [3.05, 3.63) is 0 Å². The van der Waals surface area contributed by atoms with Crippen molar-refractivity contribution in [2.45, 2.75) is 50.2 Å². The minimum atomic E-state index is -0.0666. The quantitative estimate of drug-likeness (QED) is 0.618. The Morgan fingerprint density at radius 1 is 1.23 bits per heavy atom. The van der Waals surface area contributed by atoms with Gasteiger partial charge in [-0.1, -0.05) is 0 Å². The Labute approximate surface area is 79.3 Å². The molecule has 3 fully saturated rings. The van der Waals surface area contributed by atoms with E-state index in [0.717, 1.165) is 25.4 Å². The maximum Gasteiger partial charge on any atom is 0.0763 e. The molecule has 0 radical (unpaired) electrons. The zero-order valence-corrected chi connectivity index (χ0v) is 8.04. The summed E-state index contributed by atoms with van der Waals surface area (Å²) in [6, 6.07) is 0. The molecule has 2 nitrogen and oxygen atoms in total. The van der Waals surface area contributed by atoms with Gasteiger partial charge in [-0.2, -0.15) is 0 Å². The van der Waals surface area contributed by atoms with Crippen LogP contribution in [0.5, 0.6) is 0 Å². The first-order chi connectivity index (χ1) is 6.33. The van der Waals surface area contributed by atoms with E-state index in [9.17, 15) is 5.11 Å². The minimum absolute atomic E-state index is 0.0666. The van der Waals surface area contributed by atoms with Crippen LogP contribution < -0.4 is 0 Å². The molecule has 4 atom stereocenters. The standard InChI is InChI=1S/C11H18O2/c12-10-4-1-5-11-8(7-9(10)11)3-2-6-13-11/h8-10,12H,1-7H2/t8-,9+,10+,11-/m0/s1. The third-order valence-corrected chi connectivity index (χ3v) is 4.46. The van der Waals surface area contributed by atoms with Crippen molar-refractivity contribution in [2.75, 3.05) is 6.61 Å². The Morgan fingerprint density at radius 2 is 2.15 bits per heavy atom. The molecule has 2 heteroatoms. The van der Waals surface area contributed by atoms with Crippen LogP contribution in [0, 0.1) is 11.8 Å². The molecule has 1 N–H and O–H groups in total. The molecule has 0 amide bonds. The van der Waals surface area contributed by atoms with E-state index in [0.29, 0.717) is 5.92 Å². The van der Waals surface area contributed by atoms with Gasteiger partial charge in [0.25, 0.3) is 0 Å². The van der Waals surface area contributed by atoms with Crippen LogP contribution in [-0.2, 0) is 4.74 Å². The molecule has 0 aromatic heterocycles. The van der Waals surface area contributed by atoms with Gasteiger partial charge in [0.2, 0.25) is 0 Å². The van der Waals surface area contributed by atoms with Crippen molar-refractivity contribution in [2.24, 2.45) is 11.8 Å². The van der Waals surface area contributed by atoms with Crippen molar-refractivity contribution in [1.82, 2.24) is 0 Å². The average molecular weight is 182 g/mol. The van der Waals surface area contributed by atoms with E-state index in [2.05, 4.69) is 0 Å². The third-order valence-electron chi connectivity index (χ3n) is 4.46. The minimum Gasteiger partial charge on any atom is -0.393 e. The summed E-state index contributed by atoms with van der Waals surface area (Å²) < 4.78 is 5.98. The Morgan fingerprint density at radius 3 is 3.00 bits per heavy atom. The summed E-state index contributed by atoms with van der Waals surface area (Å²) in [7, 11) is 0. The SMILES string of the molecule is O[C@@H]1CCC[C@]23OCCC[C@H]2C[C@H]13. The molecular weight excluding hydrogens is 164 g/mol. The zero-order valence-electron chi connectivity index (χ0n) is 8.04. The predicted molar refractivity (Wildman–Crippen MR) is 49.4 cm³/mol. The maximum atomic E-state index is 9.85. The Hall–Kier alpha value is -0.0800. The second-order valence-electron chi connectivity index (χ2n) is 4.94. The lowest BCUT2D eigenvalue weighted by Gasteiger charge is -2.61. The van der Waals surface area contributed by atoms with Crippen LogP contribution in [-0.4, -0.2) is 23.4 Å². The fourth-order valence-electron chi connectivity index (χ4n) is 3.76. The summed E-state index contributed by atoms with van der Waals surface area (Å²) >= 11 is 0. The van der Waals surface area contributed by atoms with E-state index in [4.69, 9.17) is 4.74 Å². The van der Waals surface area contributed by atoms with Crippen molar-refractivity contribution in [3.63, 3.8) is 0 Å². The van der Waals surface area contributed by atoms with Gasteiger partial charge in [-0.15, -0.1) is 0 Å². The molecule has 2 aliphatic carbocycles. The number of ether oxygens (including phenoxy) is 1. The van der Waals surface area contributed by atoms with Crippen molar-refractivity contribution < 1.29 is 9.84 Å². The zero-order chi connectivity index (χ0) is 8.89. The van der Waals surface area contributed by atoms with Crippen molar-refractivity contribution in [1.29, 1.82) is 0 Å². The van der Waals surface area contributed by atoms with E-state index < -0.39 is 0 Å². The first-order valence-electron chi connectivity index (χ1n) is 5.65. The molecule has 13 heavy (non-hydrogen) atoms. The van der Waals surface area contributed by atoms with Crippen LogP contribution in [0.3, 0.4) is 0 Å². The molecule has 1 spiro atoms. The lowest BCUT2D eigenvalue weighted by molar-refractivity contribution is -0.259. The highest BCUT2D eigenvalue weighted by molar-refractivity contribution is 5.10. The van der Waals surface area contributed by atoms with Gasteiger partial charge < -0.3 is 9.84 Å². The molecule has 74 valence electrons. The highest BCUT2D eigenvalue weighted by Crippen LogP contribution is 2.58. The summed E-state index contributed by atoms with van der Waals surface area (Å²) in [6.07, 6.45) is 7.10. The smallest absolute Gasteiger partial charge is 0.0763 e. The first kappa shape index (κ1) is 8.25. The van der Waals surface area contributed by atoms with E-state index in [1.165, 1.54) is 25.7 Å². The molecule has 0 bridgehead atoms. The molecule has 0 aromatic carbocycles. The van der Waals surface area contributed by atoms with Crippen molar-refractivity contribution >= 4 is 0 Å². The molecule has 0 aromatic rings. The number of aliphatic hydroxyl groups excluding tert-OH is 1. The van der Waals surface area contributed by atoms with Gasteiger partial charge in [0.15, 0.2) is 0 Å².